The van der Waals surface area contributed by atoms with Crippen LogP contribution in [0.15, 0.2) is 48.5 Å². The van der Waals surface area contributed by atoms with Crippen LogP contribution in [0.25, 0.3) is 0 Å². The van der Waals surface area contributed by atoms with E-state index in [4.69, 9.17) is 4.74 Å². The molecule has 0 spiro atoms. The van der Waals surface area contributed by atoms with Crippen molar-refractivity contribution in [3.8, 4) is 5.75 Å². The highest BCUT2D eigenvalue weighted by Crippen LogP contribution is 2.13. The van der Waals surface area contributed by atoms with Crippen molar-refractivity contribution in [1.82, 2.24) is 5.32 Å². The first-order valence-electron chi connectivity index (χ1n) is 7.95. The van der Waals surface area contributed by atoms with E-state index in [1.165, 1.54) is 6.07 Å². The van der Waals surface area contributed by atoms with Crippen molar-refractivity contribution >= 4 is 5.91 Å². The standard InChI is InChI=1S/C19H22FNO2/c1-2-3-6-13-23-17-11-9-15(10-12-17)19(22)21-14-16-7-4-5-8-18(16)20/h4-5,7-12H,2-3,6,13-14H2,1H3,(H,21,22). The molecule has 4 heteroatoms. The third kappa shape index (κ3) is 5.40. The van der Waals surface area contributed by atoms with E-state index in [1.54, 1.807) is 42.5 Å². The van der Waals surface area contributed by atoms with Crippen LogP contribution < -0.4 is 10.1 Å². The highest BCUT2D eigenvalue weighted by Gasteiger charge is 2.07. The van der Waals surface area contributed by atoms with Gasteiger partial charge in [0.1, 0.15) is 11.6 Å². The molecule has 0 aromatic heterocycles. The minimum Gasteiger partial charge on any atom is -0.494 e. The maximum Gasteiger partial charge on any atom is 0.251 e. The monoisotopic (exact) mass is 315 g/mol. The summed E-state index contributed by atoms with van der Waals surface area (Å²) in [5.74, 6) is 0.209. The summed E-state index contributed by atoms with van der Waals surface area (Å²) in [6.07, 6.45) is 3.34. The van der Waals surface area contributed by atoms with Crippen molar-refractivity contribution < 1.29 is 13.9 Å². The summed E-state index contributed by atoms with van der Waals surface area (Å²) >= 11 is 0. The van der Waals surface area contributed by atoms with Crippen molar-refractivity contribution in [1.29, 1.82) is 0 Å². The molecule has 3 nitrogen and oxygen atoms in total. The van der Waals surface area contributed by atoms with Crippen LogP contribution in [0, 0.1) is 5.82 Å². The molecule has 0 bridgehead atoms. The number of nitrogens with one attached hydrogen (secondary N) is 1. The van der Waals surface area contributed by atoms with E-state index in [2.05, 4.69) is 12.2 Å². The van der Waals surface area contributed by atoms with Gasteiger partial charge in [0.05, 0.1) is 6.61 Å². The molecule has 0 atom stereocenters. The fraction of sp³-hybridized carbons (Fsp3) is 0.316. The molecule has 0 saturated carbocycles. The van der Waals surface area contributed by atoms with E-state index in [0.717, 1.165) is 25.0 Å². The molecular weight excluding hydrogens is 293 g/mol. The molecular formula is C19H22FNO2. The van der Waals surface area contributed by atoms with E-state index in [-0.39, 0.29) is 18.3 Å². The molecule has 1 N–H and O–H groups in total. The first-order valence-corrected chi connectivity index (χ1v) is 7.95. The van der Waals surface area contributed by atoms with Crippen LogP contribution >= 0.6 is 0 Å². The number of benzene rings is 2. The molecule has 122 valence electrons. The zero-order valence-corrected chi connectivity index (χ0v) is 13.3. The SMILES string of the molecule is CCCCCOc1ccc(C(=O)NCc2ccccc2F)cc1. The van der Waals surface area contributed by atoms with E-state index >= 15 is 0 Å². The average molecular weight is 315 g/mol. The van der Waals surface area contributed by atoms with Gasteiger partial charge in [-0.15, -0.1) is 0 Å². The predicted molar refractivity (Wildman–Crippen MR) is 89.0 cm³/mol. The third-order valence-corrected chi connectivity index (χ3v) is 3.53. The van der Waals surface area contributed by atoms with E-state index in [1.807, 2.05) is 0 Å². The lowest BCUT2D eigenvalue weighted by Gasteiger charge is -2.08. The second-order valence-corrected chi connectivity index (χ2v) is 5.35. The molecule has 0 radical (unpaired) electrons. The number of carbonyl (C=O) groups is 1. The van der Waals surface area contributed by atoms with Gasteiger partial charge in [-0.05, 0) is 36.8 Å². The van der Waals surface area contributed by atoms with Crippen LogP contribution in [0.2, 0.25) is 0 Å². The summed E-state index contributed by atoms with van der Waals surface area (Å²) in [4.78, 5) is 12.1. The smallest absolute Gasteiger partial charge is 0.251 e. The topological polar surface area (TPSA) is 38.3 Å². The summed E-state index contributed by atoms with van der Waals surface area (Å²) in [6, 6.07) is 13.4. The Morgan fingerprint density at radius 3 is 2.52 bits per heavy atom. The summed E-state index contributed by atoms with van der Waals surface area (Å²) in [7, 11) is 0. The lowest BCUT2D eigenvalue weighted by Crippen LogP contribution is -2.23. The van der Waals surface area contributed by atoms with Gasteiger partial charge in [0.25, 0.3) is 5.91 Å². The highest BCUT2D eigenvalue weighted by molar-refractivity contribution is 5.94. The minimum atomic E-state index is -0.316. The Hall–Kier alpha value is -2.36. The molecule has 0 aliphatic heterocycles. The van der Waals surface area contributed by atoms with Gasteiger partial charge in [-0.1, -0.05) is 38.0 Å². The van der Waals surface area contributed by atoms with E-state index < -0.39 is 0 Å². The Morgan fingerprint density at radius 2 is 1.83 bits per heavy atom. The predicted octanol–water partition coefficient (Wildman–Crippen LogP) is 4.32. The third-order valence-electron chi connectivity index (χ3n) is 3.53. The second-order valence-electron chi connectivity index (χ2n) is 5.35. The minimum absolute atomic E-state index is 0.167. The van der Waals surface area contributed by atoms with Gasteiger partial charge in [0.2, 0.25) is 0 Å². The van der Waals surface area contributed by atoms with Crippen molar-refractivity contribution in [2.24, 2.45) is 0 Å². The van der Waals surface area contributed by atoms with Gasteiger partial charge < -0.3 is 10.1 Å². The van der Waals surface area contributed by atoms with E-state index in [9.17, 15) is 9.18 Å². The zero-order valence-electron chi connectivity index (χ0n) is 13.3. The summed E-state index contributed by atoms with van der Waals surface area (Å²) in [5, 5.41) is 2.72. The van der Waals surface area contributed by atoms with Crippen molar-refractivity contribution in [2.75, 3.05) is 6.61 Å². The Bertz CT molecular complexity index is 626. The quantitative estimate of drug-likeness (QED) is 0.737. The van der Waals surface area contributed by atoms with Gasteiger partial charge >= 0.3 is 0 Å². The Kier molecular flexibility index (Phi) is 6.60. The number of rotatable bonds is 8. The van der Waals surface area contributed by atoms with Crippen LogP contribution in [0.3, 0.4) is 0 Å². The largest absolute Gasteiger partial charge is 0.494 e. The Labute approximate surface area is 136 Å². The first kappa shape index (κ1) is 17.0. The van der Waals surface area contributed by atoms with Crippen molar-refractivity contribution in [3.05, 3.63) is 65.5 Å². The molecule has 0 unspecified atom stereocenters. The maximum absolute atomic E-state index is 13.5. The molecule has 0 fully saturated rings. The zero-order chi connectivity index (χ0) is 16.5. The number of halogens is 1. The molecule has 2 rings (SSSR count). The number of carbonyl (C=O) groups excluding carboxylic acids is 1. The van der Waals surface area contributed by atoms with Gasteiger partial charge in [-0.2, -0.15) is 0 Å². The summed E-state index contributed by atoms with van der Waals surface area (Å²) in [5.41, 5.74) is 0.999. The molecule has 23 heavy (non-hydrogen) atoms. The summed E-state index contributed by atoms with van der Waals surface area (Å²) in [6.45, 7) is 3.00. The summed E-state index contributed by atoms with van der Waals surface area (Å²) < 4.78 is 19.1. The molecule has 2 aromatic carbocycles. The highest BCUT2D eigenvalue weighted by atomic mass is 19.1. The van der Waals surface area contributed by atoms with E-state index in [0.29, 0.717) is 17.7 Å². The normalized spacial score (nSPS) is 10.3. The van der Waals surface area contributed by atoms with Gasteiger partial charge in [-0.3, -0.25) is 4.79 Å². The fourth-order valence-corrected chi connectivity index (χ4v) is 2.16. The van der Waals surface area contributed by atoms with Crippen LogP contribution in [0.5, 0.6) is 5.75 Å². The molecule has 0 aliphatic rings. The number of ether oxygens (including phenoxy) is 1. The lowest BCUT2D eigenvalue weighted by molar-refractivity contribution is 0.0950. The number of unbranched alkanes of at least 4 members (excludes halogenated alkanes) is 2. The number of hydrogen-bond donors (Lipinski definition) is 1. The van der Waals surface area contributed by atoms with Crippen molar-refractivity contribution in [2.45, 2.75) is 32.7 Å². The van der Waals surface area contributed by atoms with Gasteiger partial charge in [0, 0.05) is 17.7 Å². The molecule has 1 amide bonds. The number of amides is 1. The van der Waals surface area contributed by atoms with Crippen molar-refractivity contribution in [3.63, 3.8) is 0 Å². The van der Waals surface area contributed by atoms with Gasteiger partial charge in [0.15, 0.2) is 0 Å². The van der Waals surface area contributed by atoms with Crippen LogP contribution in [-0.2, 0) is 6.54 Å². The molecule has 0 aliphatic carbocycles. The molecule has 0 saturated heterocycles. The van der Waals surface area contributed by atoms with Crippen LogP contribution in [0.1, 0.15) is 42.1 Å². The lowest BCUT2D eigenvalue weighted by atomic mass is 10.2. The van der Waals surface area contributed by atoms with Gasteiger partial charge in [-0.25, -0.2) is 4.39 Å². The second kappa shape index (κ2) is 8.93. The Morgan fingerprint density at radius 1 is 1.09 bits per heavy atom. The number of hydrogen-bond acceptors (Lipinski definition) is 2. The van der Waals surface area contributed by atoms with Crippen LogP contribution in [-0.4, -0.2) is 12.5 Å². The molecule has 2 aromatic rings. The maximum atomic E-state index is 13.5. The first-order chi connectivity index (χ1) is 11.2. The average Bonchev–Trinajstić information content (AvgIpc) is 2.58. The fourth-order valence-electron chi connectivity index (χ4n) is 2.16. The molecule has 0 heterocycles. The van der Waals surface area contributed by atoms with Crippen LogP contribution in [0.4, 0.5) is 4.39 Å². The Balaban J connectivity index is 1.84.